The molecule has 2 atom stereocenters. The van der Waals surface area contributed by atoms with Gasteiger partial charge in [-0.15, -0.1) is 0 Å². The summed E-state index contributed by atoms with van der Waals surface area (Å²) in [5, 5.41) is 9.41. The quantitative estimate of drug-likeness (QED) is 0.756. The zero-order valence-electron chi connectivity index (χ0n) is 8.48. The fourth-order valence-electron chi connectivity index (χ4n) is 2.25. The first kappa shape index (κ1) is 9.47. The van der Waals surface area contributed by atoms with Crippen molar-refractivity contribution >= 4 is 6.08 Å². The second kappa shape index (κ2) is 3.97. The summed E-state index contributed by atoms with van der Waals surface area (Å²) in [6.45, 7) is 2.42. The molecule has 0 radical (unpaired) electrons. The van der Waals surface area contributed by atoms with Gasteiger partial charge in [0.15, 0.2) is 0 Å². The topological polar surface area (TPSA) is 20.2 Å². The van der Waals surface area contributed by atoms with Crippen molar-refractivity contribution in [2.24, 2.45) is 5.92 Å². The molecule has 14 heavy (non-hydrogen) atoms. The lowest BCUT2D eigenvalue weighted by Crippen LogP contribution is -2.18. The van der Waals surface area contributed by atoms with E-state index in [9.17, 15) is 5.11 Å². The Morgan fingerprint density at radius 3 is 2.79 bits per heavy atom. The summed E-state index contributed by atoms with van der Waals surface area (Å²) in [6.07, 6.45) is 5.49. The summed E-state index contributed by atoms with van der Waals surface area (Å²) in [5.41, 5.74) is 2.56. The normalized spacial score (nSPS) is 24.7. The molecule has 74 valence electrons. The molecular formula is C13H16O. The number of benzene rings is 1. The summed E-state index contributed by atoms with van der Waals surface area (Å²) in [6, 6.07) is 8.33. The Bertz CT molecular complexity index is 341. The van der Waals surface area contributed by atoms with Gasteiger partial charge in [-0.3, -0.25) is 0 Å². The van der Waals surface area contributed by atoms with Gasteiger partial charge < -0.3 is 5.11 Å². The second-order valence-electron chi connectivity index (χ2n) is 3.85. The van der Waals surface area contributed by atoms with Gasteiger partial charge in [-0.2, -0.15) is 0 Å². The van der Waals surface area contributed by atoms with E-state index in [0.29, 0.717) is 11.8 Å². The Balaban J connectivity index is 2.42. The van der Waals surface area contributed by atoms with E-state index in [0.717, 1.165) is 6.42 Å². The highest BCUT2D eigenvalue weighted by molar-refractivity contribution is 5.58. The van der Waals surface area contributed by atoms with Crippen LogP contribution < -0.4 is 0 Å². The van der Waals surface area contributed by atoms with Gasteiger partial charge in [0.25, 0.3) is 0 Å². The number of aliphatic hydroxyl groups excluding tert-OH is 1. The molecule has 0 fully saturated rings. The van der Waals surface area contributed by atoms with E-state index >= 15 is 0 Å². The predicted octanol–water partition coefficient (Wildman–Crippen LogP) is 2.82. The minimum Gasteiger partial charge on any atom is -0.396 e. The first-order valence-electron chi connectivity index (χ1n) is 5.24. The molecule has 0 heterocycles. The molecule has 1 heteroatoms. The van der Waals surface area contributed by atoms with Crippen LogP contribution in [0.5, 0.6) is 0 Å². The predicted molar refractivity (Wildman–Crippen MR) is 59.1 cm³/mol. The highest BCUT2D eigenvalue weighted by atomic mass is 16.3. The second-order valence-corrected chi connectivity index (χ2v) is 3.85. The van der Waals surface area contributed by atoms with E-state index in [1.54, 1.807) is 0 Å². The molecule has 1 aliphatic carbocycles. The maximum atomic E-state index is 9.41. The Morgan fingerprint density at radius 1 is 1.29 bits per heavy atom. The zero-order valence-corrected chi connectivity index (χ0v) is 8.48. The van der Waals surface area contributed by atoms with E-state index in [2.05, 4.69) is 31.2 Å². The van der Waals surface area contributed by atoms with Gasteiger partial charge in [-0.25, -0.2) is 0 Å². The number of rotatable bonds is 2. The monoisotopic (exact) mass is 188 g/mol. The van der Waals surface area contributed by atoms with E-state index in [-0.39, 0.29) is 6.61 Å². The van der Waals surface area contributed by atoms with Crippen molar-refractivity contribution in [2.45, 2.75) is 19.3 Å². The third-order valence-electron chi connectivity index (χ3n) is 3.10. The fraction of sp³-hybridized carbons (Fsp3) is 0.385. The first-order chi connectivity index (χ1) is 6.86. The molecule has 0 aliphatic heterocycles. The highest BCUT2D eigenvalue weighted by Crippen LogP contribution is 2.35. The summed E-state index contributed by atoms with van der Waals surface area (Å²) in [5.74, 6) is 0.788. The van der Waals surface area contributed by atoms with Crippen LogP contribution in [0.3, 0.4) is 0 Å². The van der Waals surface area contributed by atoms with Gasteiger partial charge in [0.05, 0.1) is 6.61 Å². The first-order valence-corrected chi connectivity index (χ1v) is 5.24. The average molecular weight is 188 g/mol. The van der Waals surface area contributed by atoms with E-state index in [1.165, 1.54) is 11.1 Å². The minimum atomic E-state index is 0.250. The molecule has 1 aromatic carbocycles. The smallest absolute Gasteiger partial charge is 0.0505 e. The molecule has 1 aliphatic rings. The summed E-state index contributed by atoms with van der Waals surface area (Å²) in [7, 11) is 0. The molecular weight excluding hydrogens is 172 g/mol. The molecule has 1 N–H and O–H groups in total. The van der Waals surface area contributed by atoms with E-state index in [4.69, 9.17) is 0 Å². The fourth-order valence-corrected chi connectivity index (χ4v) is 2.25. The van der Waals surface area contributed by atoms with Gasteiger partial charge in [0.2, 0.25) is 0 Å². The minimum absolute atomic E-state index is 0.250. The van der Waals surface area contributed by atoms with Crippen molar-refractivity contribution < 1.29 is 5.11 Å². The summed E-state index contributed by atoms with van der Waals surface area (Å²) >= 11 is 0. The van der Waals surface area contributed by atoms with Crippen LogP contribution in [0.25, 0.3) is 6.08 Å². The van der Waals surface area contributed by atoms with E-state index < -0.39 is 0 Å². The largest absolute Gasteiger partial charge is 0.396 e. The molecule has 1 aromatic rings. The maximum absolute atomic E-state index is 9.41. The van der Waals surface area contributed by atoms with Gasteiger partial charge in [-0.1, -0.05) is 43.3 Å². The van der Waals surface area contributed by atoms with Crippen LogP contribution in [0, 0.1) is 5.92 Å². The zero-order chi connectivity index (χ0) is 9.97. The third kappa shape index (κ3) is 1.48. The number of hydrogen-bond donors (Lipinski definition) is 1. The molecule has 0 spiro atoms. The molecule has 0 aromatic heterocycles. The van der Waals surface area contributed by atoms with Crippen LogP contribution in [-0.4, -0.2) is 11.7 Å². The molecule has 0 bridgehead atoms. The van der Waals surface area contributed by atoms with Crippen LogP contribution >= 0.6 is 0 Å². The maximum Gasteiger partial charge on any atom is 0.0505 e. The summed E-state index contributed by atoms with van der Waals surface area (Å²) < 4.78 is 0. The van der Waals surface area contributed by atoms with E-state index in [1.807, 2.05) is 12.1 Å². The summed E-state index contributed by atoms with van der Waals surface area (Å²) in [4.78, 5) is 0. The SMILES string of the molecule is CC[C@H]1C=Cc2ccccc2[C@@H]1CO. The van der Waals surface area contributed by atoms with Crippen molar-refractivity contribution in [3.63, 3.8) is 0 Å². The van der Waals surface area contributed by atoms with Crippen LogP contribution in [0.15, 0.2) is 30.3 Å². The Morgan fingerprint density at radius 2 is 2.07 bits per heavy atom. The number of fused-ring (bicyclic) bond motifs is 1. The average Bonchev–Trinajstić information content (AvgIpc) is 2.27. The number of aliphatic hydroxyl groups is 1. The molecule has 0 saturated heterocycles. The Hall–Kier alpha value is -1.08. The van der Waals surface area contributed by atoms with Gasteiger partial charge >= 0.3 is 0 Å². The lowest BCUT2D eigenvalue weighted by Gasteiger charge is -2.27. The molecule has 0 amide bonds. The molecule has 0 unspecified atom stereocenters. The van der Waals surface area contributed by atoms with Gasteiger partial charge in [-0.05, 0) is 23.5 Å². The van der Waals surface area contributed by atoms with Crippen LogP contribution in [0.1, 0.15) is 30.4 Å². The van der Waals surface area contributed by atoms with Gasteiger partial charge in [0, 0.05) is 5.92 Å². The Kier molecular flexibility index (Phi) is 2.69. The Labute approximate surface area is 85.1 Å². The number of hydrogen-bond acceptors (Lipinski definition) is 1. The van der Waals surface area contributed by atoms with Crippen LogP contribution in [-0.2, 0) is 0 Å². The van der Waals surface area contributed by atoms with Crippen molar-refractivity contribution in [3.05, 3.63) is 41.5 Å². The van der Waals surface area contributed by atoms with Crippen molar-refractivity contribution in [1.82, 2.24) is 0 Å². The molecule has 0 saturated carbocycles. The lowest BCUT2D eigenvalue weighted by atomic mass is 9.78. The number of allylic oxidation sites excluding steroid dienone is 1. The standard InChI is InChI=1S/C13H16O/c1-2-10-7-8-11-5-3-4-6-12(11)13(10)9-14/h3-8,10,13-14H,2,9H2,1H3/t10-,13+/m0/s1. The van der Waals surface area contributed by atoms with Crippen molar-refractivity contribution in [2.75, 3.05) is 6.61 Å². The lowest BCUT2D eigenvalue weighted by molar-refractivity contribution is 0.237. The highest BCUT2D eigenvalue weighted by Gasteiger charge is 2.23. The van der Waals surface area contributed by atoms with Gasteiger partial charge in [0.1, 0.15) is 0 Å². The van der Waals surface area contributed by atoms with Crippen molar-refractivity contribution in [3.8, 4) is 0 Å². The van der Waals surface area contributed by atoms with Crippen molar-refractivity contribution in [1.29, 1.82) is 0 Å². The van der Waals surface area contributed by atoms with Crippen LogP contribution in [0.2, 0.25) is 0 Å². The van der Waals surface area contributed by atoms with Crippen LogP contribution in [0.4, 0.5) is 0 Å². The third-order valence-corrected chi connectivity index (χ3v) is 3.10. The molecule has 2 rings (SSSR count). The molecule has 1 nitrogen and oxygen atoms in total.